The fraction of sp³-hybridized carbons (Fsp3) is 0.263. The quantitative estimate of drug-likeness (QED) is 0.325. The van der Waals surface area contributed by atoms with Gasteiger partial charge in [-0.15, -0.1) is 35.3 Å². The molecule has 0 radical (unpaired) electrons. The third-order valence-electron chi connectivity index (χ3n) is 3.71. The molecule has 2 N–H and O–H groups in total. The second-order valence-corrected chi connectivity index (χ2v) is 6.48. The summed E-state index contributed by atoms with van der Waals surface area (Å²) in [6.07, 6.45) is 2.85. The molecule has 25 heavy (non-hydrogen) atoms. The fourth-order valence-electron chi connectivity index (χ4n) is 2.56. The molecule has 0 spiro atoms. The highest BCUT2D eigenvalue weighted by atomic mass is 127. The van der Waals surface area contributed by atoms with Crippen LogP contribution in [0, 0.1) is 0 Å². The average Bonchev–Trinajstić information content (AvgIpc) is 3.13. The molecule has 132 valence electrons. The second-order valence-electron chi connectivity index (χ2n) is 5.44. The Morgan fingerprint density at radius 1 is 1.12 bits per heavy atom. The molecule has 0 fully saturated rings. The van der Waals surface area contributed by atoms with Gasteiger partial charge in [-0.1, -0.05) is 30.3 Å². The Morgan fingerprint density at radius 2 is 2.00 bits per heavy atom. The van der Waals surface area contributed by atoms with Gasteiger partial charge in [-0.2, -0.15) is 0 Å². The number of nitrogens with one attached hydrogen (secondary N) is 2. The minimum atomic E-state index is 0. The van der Waals surface area contributed by atoms with E-state index in [2.05, 4.69) is 64.3 Å². The normalized spacial score (nSPS) is 11.2. The van der Waals surface area contributed by atoms with Gasteiger partial charge in [0.15, 0.2) is 5.96 Å². The van der Waals surface area contributed by atoms with E-state index in [1.54, 1.807) is 11.3 Å². The minimum Gasteiger partial charge on any atom is -0.357 e. The fourth-order valence-corrected chi connectivity index (χ4v) is 3.27. The summed E-state index contributed by atoms with van der Waals surface area (Å²) in [5.74, 6) is 0.849. The molecule has 0 aliphatic heterocycles. The van der Waals surface area contributed by atoms with Gasteiger partial charge in [0.05, 0.1) is 12.1 Å². The number of benzene rings is 1. The maximum Gasteiger partial charge on any atom is 0.191 e. The highest BCUT2D eigenvalue weighted by molar-refractivity contribution is 14.0. The van der Waals surface area contributed by atoms with Crippen molar-refractivity contribution in [2.45, 2.75) is 19.9 Å². The van der Waals surface area contributed by atoms with Gasteiger partial charge in [0.2, 0.25) is 0 Å². The van der Waals surface area contributed by atoms with Gasteiger partial charge in [0.1, 0.15) is 0 Å². The van der Waals surface area contributed by atoms with Crippen molar-refractivity contribution in [3.05, 3.63) is 64.5 Å². The van der Waals surface area contributed by atoms with Crippen molar-refractivity contribution >= 4 is 52.2 Å². The molecule has 3 aromatic rings. The lowest BCUT2D eigenvalue weighted by atomic mass is 10.1. The van der Waals surface area contributed by atoms with E-state index in [0.717, 1.165) is 41.9 Å². The lowest BCUT2D eigenvalue weighted by molar-refractivity contribution is 0.805. The number of thiophene rings is 1. The predicted molar refractivity (Wildman–Crippen MR) is 118 cm³/mol. The molecular weight excluding hydrogens is 443 g/mol. The third-order valence-corrected chi connectivity index (χ3v) is 4.65. The second kappa shape index (κ2) is 10.4. The smallest absolute Gasteiger partial charge is 0.191 e. The van der Waals surface area contributed by atoms with Crippen molar-refractivity contribution < 1.29 is 0 Å². The molecule has 4 nitrogen and oxygen atoms in total. The van der Waals surface area contributed by atoms with Crippen LogP contribution in [0.15, 0.2) is 59.0 Å². The standard InChI is InChI=1S/C19H22N4S.HI/c1-2-20-19(22-12-10-17-9-5-13-24-17)23-14-16-7-3-6-15-8-4-11-21-18(15)16;/h3-9,11,13H,2,10,12,14H2,1H3,(H2,20,22,23);1H. The largest absolute Gasteiger partial charge is 0.357 e. The number of nitrogens with zero attached hydrogens (tertiary/aromatic N) is 2. The van der Waals surface area contributed by atoms with E-state index in [4.69, 9.17) is 4.99 Å². The van der Waals surface area contributed by atoms with E-state index in [-0.39, 0.29) is 24.0 Å². The van der Waals surface area contributed by atoms with Crippen LogP contribution in [0.2, 0.25) is 0 Å². The Morgan fingerprint density at radius 3 is 2.80 bits per heavy atom. The molecule has 3 rings (SSSR count). The van der Waals surface area contributed by atoms with Crippen molar-refractivity contribution in [2.75, 3.05) is 13.1 Å². The summed E-state index contributed by atoms with van der Waals surface area (Å²) in [7, 11) is 0. The van der Waals surface area contributed by atoms with Gasteiger partial charge in [-0.25, -0.2) is 4.99 Å². The Kier molecular flexibility index (Phi) is 8.14. The van der Waals surface area contributed by atoms with Crippen LogP contribution in [0.1, 0.15) is 17.4 Å². The first-order chi connectivity index (χ1) is 11.9. The van der Waals surface area contributed by atoms with Gasteiger partial charge in [-0.05, 0) is 36.4 Å². The van der Waals surface area contributed by atoms with Crippen molar-refractivity contribution in [1.82, 2.24) is 15.6 Å². The summed E-state index contributed by atoms with van der Waals surface area (Å²) < 4.78 is 0. The summed E-state index contributed by atoms with van der Waals surface area (Å²) in [4.78, 5) is 10.6. The summed E-state index contributed by atoms with van der Waals surface area (Å²) in [6, 6.07) is 14.5. The topological polar surface area (TPSA) is 49.3 Å². The zero-order chi connectivity index (χ0) is 16.6. The molecule has 0 aliphatic rings. The predicted octanol–water partition coefficient (Wildman–Crippen LogP) is 4.21. The Bertz CT molecular complexity index is 797. The molecule has 0 amide bonds. The molecule has 0 saturated heterocycles. The Balaban J connectivity index is 0.00000225. The van der Waals surface area contributed by atoms with Crippen LogP contribution >= 0.6 is 35.3 Å². The molecule has 0 aliphatic carbocycles. The Labute approximate surface area is 169 Å². The monoisotopic (exact) mass is 466 g/mol. The number of hydrogen-bond acceptors (Lipinski definition) is 3. The summed E-state index contributed by atoms with van der Waals surface area (Å²) in [5, 5.41) is 9.97. The molecule has 0 atom stereocenters. The zero-order valence-corrected chi connectivity index (χ0v) is 17.4. The number of guanidine groups is 1. The average molecular weight is 466 g/mol. The van der Waals surface area contributed by atoms with Gasteiger partial charge in [0, 0.05) is 29.5 Å². The molecule has 2 aromatic heterocycles. The molecule has 6 heteroatoms. The lowest BCUT2D eigenvalue weighted by Gasteiger charge is -2.11. The number of aromatic nitrogens is 1. The van der Waals surface area contributed by atoms with E-state index in [1.165, 1.54) is 4.88 Å². The molecule has 0 unspecified atom stereocenters. The highest BCUT2D eigenvalue weighted by Gasteiger charge is 2.03. The molecular formula is C19H23IN4S. The van der Waals surface area contributed by atoms with Crippen LogP contribution in [0.3, 0.4) is 0 Å². The van der Waals surface area contributed by atoms with E-state index in [0.29, 0.717) is 6.54 Å². The van der Waals surface area contributed by atoms with Crippen molar-refractivity contribution in [2.24, 2.45) is 4.99 Å². The molecule has 1 aromatic carbocycles. The van der Waals surface area contributed by atoms with Gasteiger partial charge in [0.25, 0.3) is 0 Å². The molecule has 2 heterocycles. The number of hydrogen-bond donors (Lipinski definition) is 2. The molecule has 0 bridgehead atoms. The van der Waals surface area contributed by atoms with Crippen LogP contribution in [0.25, 0.3) is 10.9 Å². The van der Waals surface area contributed by atoms with E-state index in [1.807, 2.05) is 12.3 Å². The number of halogens is 1. The number of pyridine rings is 1. The third kappa shape index (κ3) is 5.67. The van der Waals surface area contributed by atoms with Crippen molar-refractivity contribution in [1.29, 1.82) is 0 Å². The summed E-state index contributed by atoms with van der Waals surface area (Å²) in [5.41, 5.74) is 2.17. The van der Waals surface area contributed by atoms with Gasteiger partial charge < -0.3 is 10.6 Å². The van der Waals surface area contributed by atoms with Crippen LogP contribution in [0.4, 0.5) is 0 Å². The van der Waals surface area contributed by atoms with Crippen LogP contribution in [-0.2, 0) is 13.0 Å². The molecule has 0 saturated carbocycles. The van der Waals surface area contributed by atoms with E-state index < -0.39 is 0 Å². The van der Waals surface area contributed by atoms with Crippen LogP contribution in [0.5, 0.6) is 0 Å². The first kappa shape index (κ1) is 19.7. The lowest BCUT2D eigenvalue weighted by Crippen LogP contribution is -2.38. The maximum absolute atomic E-state index is 4.71. The summed E-state index contributed by atoms with van der Waals surface area (Å²) in [6.45, 7) is 4.41. The highest BCUT2D eigenvalue weighted by Crippen LogP contribution is 2.16. The Hall–Kier alpha value is -1.67. The number of para-hydroxylation sites is 1. The number of aliphatic imine (C=N–C) groups is 1. The summed E-state index contributed by atoms with van der Waals surface area (Å²) >= 11 is 1.79. The minimum absolute atomic E-state index is 0. The maximum atomic E-state index is 4.71. The van der Waals surface area contributed by atoms with Gasteiger partial charge in [-0.3, -0.25) is 4.98 Å². The van der Waals surface area contributed by atoms with E-state index >= 15 is 0 Å². The van der Waals surface area contributed by atoms with Crippen LogP contribution in [-0.4, -0.2) is 24.0 Å². The first-order valence-electron chi connectivity index (χ1n) is 8.24. The SMILES string of the molecule is CCNC(=NCc1cccc2cccnc12)NCCc1cccs1.I. The van der Waals surface area contributed by atoms with E-state index in [9.17, 15) is 0 Å². The number of fused-ring (bicyclic) bond motifs is 1. The van der Waals surface area contributed by atoms with Crippen LogP contribution < -0.4 is 10.6 Å². The number of rotatable bonds is 6. The van der Waals surface area contributed by atoms with Crippen molar-refractivity contribution in [3.63, 3.8) is 0 Å². The first-order valence-corrected chi connectivity index (χ1v) is 9.12. The van der Waals surface area contributed by atoms with Gasteiger partial charge >= 0.3 is 0 Å². The van der Waals surface area contributed by atoms with Crippen molar-refractivity contribution in [3.8, 4) is 0 Å². The zero-order valence-electron chi connectivity index (χ0n) is 14.2.